The average molecular weight is 266 g/mol. The SMILES string of the molecule is Cc1ccc(C(C)C(=O)C(C)c2ccc(C)cc2)cc1. The fourth-order valence-corrected chi connectivity index (χ4v) is 2.41. The van der Waals surface area contributed by atoms with Gasteiger partial charge in [-0.2, -0.15) is 0 Å². The molecule has 0 aliphatic heterocycles. The molecule has 1 nitrogen and oxygen atoms in total. The van der Waals surface area contributed by atoms with Crippen LogP contribution >= 0.6 is 0 Å². The summed E-state index contributed by atoms with van der Waals surface area (Å²) in [5, 5.41) is 0. The summed E-state index contributed by atoms with van der Waals surface area (Å²) in [6, 6.07) is 16.5. The van der Waals surface area contributed by atoms with Gasteiger partial charge in [-0.3, -0.25) is 4.79 Å². The van der Waals surface area contributed by atoms with Gasteiger partial charge in [0.15, 0.2) is 0 Å². The summed E-state index contributed by atoms with van der Waals surface area (Å²) < 4.78 is 0. The maximum absolute atomic E-state index is 12.6. The number of hydrogen-bond acceptors (Lipinski definition) is 1. The van der Waals surface area contributed by atoms with Crippen LogP contribution in [0.1, 0.15) is 47.9 Å². The van der Waals surface area contributed by atoms with E-state index in [1.54, 1.807) is 0 Å². The Kier molecular flexibility index (Phi) is 4.39. The van der Waals surface area contributed by atoms with E-state index in [1.807, 2.05) is 13.8 Å². The first kappa shape index (κ1) is 14.5. The summed E-state index contributed by atoms with van der Waals surface area (Å²) in [6.07, 6.45) is 0. The molecule has 20 heavy (non-hydrogen) atoms. The smallest absolute Gasteiger partial charge is 0.147 e. The zero-order chi connectivity index (χ0) is 14.7. The highest BCUT2D eigenvalue weighted by Crippen LogP contribution is 2.26. The van der Waals surface area contributed by atoms with E-state index in [-0.39, 0.29) is 17.6 Å². The first-order chi connectivity index (χ1) is 9.49. The van der Waals surface area contributed by atoms with Crippen molar-refractivity contribution in [3.8, 4) is 0 Å². The van der Waals surface area contributed by atoms with Crippen LogP contribution < -0.4 is 0 Å². The van der Waals surface area contributed by atoms with Crippen molar-refractivity contribution in [2.75, 3.05) is 0 Å². The van der Waals surface area contributed by atoms with Crippen molar-refractivity contribution in [3.05, 3.63) is 70.8 Å². The molecule has 0 aliphatic rings. The van der Waals surface area contributed by atoms with Gasteiger partial charge in [0.1, 0.15) is 5.78 Å². The van der Waals surface area contributed by atoms with Crippen LogP contribution in [0.4, 0.5) is 0 Å². The van der Waals surface area contributed by atoms with E-state index in [1.165, 1.54) is 11.1 Å². The van der Waals surface area contributed by atoms with Crippen LogP contribution in [0.15, 0.2) is 48.5 Å². The Morgan fingerprint density at radius 1 is 0.700 bits per heavy atom. The molecule has 2 unspecified atom stereocenters. The molecule has 0 N–H and O–H groups in total. The summed E-state index contributed by atoms with van der Waals surface area (Å²) in [5.41, 5.74) is 4.64. The van der Waals surface area contributed by atoms with Crippen LogP contribution in [0.5, 0.6) is 0 Å². The van der Waals surface area contributed by atoms with Crippen molar-refractivity contribution in [2.45, 2.75) is 39.5 Å². The fourth-order valence-electron chi connectivity index (χ4n) is 2.41. The van der Waals surface area contributed by atoms with Gasteiger partial charge in [-0.05, 0) is 25.0 Å². The number of hydrogen-bond donors (Lipinski definition) is 0. The van der Waals surface area contributed by atoms with Crippen LogP contribution in [0.3, 0.4) is 0 Å². The van der Waals surface area contributed by atoms with Gasteiger partial charge in [-0.15, -0.1) is 0 Å². The molecule has 2 aromatic rings. The van der Waals surface area contributed by atoms with Crippen LogP contribution in [-0.4, -0.2) is 5.78 Å². The molecule has 0 saturated carbocycles. The summed E-state index contributed by atoms with van der Waals surface area (Å²) >= 11 is 0. The van der Waals surface area contributed by atoms with E-state index in [4.69, 9.17) is 0 Å². The van der Waals surface area contributed by atoms with Crippen LogP contribution in [0, 0.1) is 13.8 Å². The van der Waals surface area contributed by atoms with E-state index in [2.05, 4.69) is 62.4 Å². The molecule has 0 amide bonds. The summed E-state index contributed by atoms with van der Waals surface area (Å²) in [5.74, 6) is 0.150. The molecule has 0 heterocycles. The van der Waals surface area contributed by atoms with E-state index in [9.17, 15) is 4.79 Å². The molecular weight excluding hydrogens is 244 g/mol. The highest BCUT2D eigenvalue weighted by Gasteiger charge is 2.22. The molecule has 0 spiro atoms. The molecule has 2 rings (SSSR count). The van der Waals surface area contributed by atoms with Crippen molar-refractivity contribution >= 4 is 5.78 Å². The van der Waals surface area contributed by atoms with Crippen molar-refractivity contribution in [2.24, 2.45) is 0 Å². The van der Waals surface area contributed by atoms with E-state index in [0.29, 0.717) is 0 Å². The van der Waals surface area contributed by atoms with Crippen molar-refractivity contribution in [3.63, 3.8) is 0 Å². The second-order valence-electron chi connectivity index (χ2n) is 5.67. The van der Waals surface area contributed by atoms with Gasteiger partial charge in [-0.1, -0.05) is 73.5 Å². The third-order valence-corrected chi connectivity index (χ3v) is 4.01. The highest BCUT2D eigenvalue weighted by atomic mass is 16.1. The normalized spacial score (nSPS) is 13.8. The van der Waals surface area contributed by atoms with Crippen LogP contribution in [-0.2, 0) is 4.79 Å². The number of rotatable bonds is 4. The van der Waals surface area contributed by atoms with Gasteiger partial charge in [-0.25, -0.2) is 0 Å². The standard InChI is InChI=1S/C19H22O/c1-13-5-9-17(10-6-13)15(3)19(20)16(4)18-11-7-14(2)8-12-18/h5-12,15-16H,1-4H3. The lowest BCUT2D eigenvalue weighted by Gasteiger charge is -2.17. The van der Waals surface area contributed by atoms with Crippen LogP contribution in [0.25, 0.3) is 0 Å². The lowest BCUT2D eigenvalue weighted by atomic mass is 9.85. The van der Waals surface area contributed by atoms with Gasteiger partial charge in [0, 0.05) is 11.8 Å². The lowest BCUT2D eigenvalue weighted by Crippen LogP contribution is -2.16. The monoisotopic (exact) mass is 266 g/mol. The maximum atomic E-state index is 12.6. The van der Waals surface area contributed by atoms with Crippen molar-refractivity contribution < 1.29 is 4.79 Å². The highest BCUT2D eigenvalue weighted by molar-refractivity contribution is 5.91. The molecule has 0 aliphatic carbocycles. The Morgan fingerprint density at radius 2 is 1.00 bits per heavy atom. The third-order valence-electron chi connectivity index (χ3n) is 4.01. The minimum Gasteiger partial charge on any atom is -0.298 e. The second-order valence-corrected chi connectivity index (χ2v) is 5.67. The first-order valence-corrected chi connectivity index (χ1v) is 7.16. The Bertz CT molecular complexity index is 525. The second kappa shape index (κ2) is 6.04. The summed E-state index contributed by atoms with van der Waals surface area (Å²) in [6.45, 7) is 8.12. The Labute approximate surface area is 121 Å². The minimum absolute atomic E-state index is 0.0631. The third kappa shape index (κ3) is 3.16. The fraction of sp³-hybridized carbons (Fsp3) is 0.316. The molecular formula is C19H22O. The van der Waals surface area contributed by atoms with Gasteiger partial charge in [0.2, 0.25) is 0 Å². The number of Topliss-reactive ketones (excluding diaryl/α,β-unsaturated/α-hetero) is 1. The molecule has 0 bridgehead atoms. The molecule has 104 valence electrons. The van der Waals surface area contributed by atoms with Gasteiger partial charge in [0.25, 0.3) is 0 Å². The maximum Gasteiger partial charge on any atom is 0.147 e. The largest absolute Gasteiger partial charge is 0.298 e. The van der Waals surface area contributed by atoms with Crippen molar-refractivity contribution in [1.82, 2.24) is 0 Å². The predicted molar refractivity (Wildman–Crippen MR) is 84.2 cm³/mol. The Morgan fingerprint density at radius 3 is 1.30 bits per heavy atom. The molecule has 0 saturated heterocycles. The van der Waals surface area contributed by atoms with Gasteiger partial charge >= 0.3 is 0 Å². The number of aryl methyl sites for hydroxylation is 2. The zero-order valence-corrected chi connectivity index (χ0v) is 12.7. The molecule has 2 aromatic carbocycles. The molecule has 0 radical (unpaired) electrons. The van der Waals surface area contributed by atoms with Crippen molar-refractivity contribution in [1.29, 1.82) is 0 Å². The quantitative estimate of drug-likeness (QED) is 0.778. The minimum atomic E-state index is -0.0631. The number of ketones is 1. The average Bonchev–Trinajstić information content (AvgIpc) is 2.46. The lowest BCUT2D eigenvalue weighted by molar-refractivity contribution is -0.121. The summed E-state index contributed by atoms with van der Waals surface area (Å²) in [4.78, 5) is 12.6. The van der Waals surface area contributed by atoms with E-state index in [0.717, 1.165) is 11.1 Å². The van der Waals surface area contributed by atoms with Gasteiger partial charge in [0.05, 0.1) is 0 Å². The van der Waals surface area contributed by atoms with E-state index >= 15 is 0 Å². The van der Waals surface area contributed by atoms with Gasteiger partial charge < -0.3 is 0 Å². The number of carbonyl (C=O) groups excluding carboxylic acids is 1. The zero-order valence-electron chi connectivity index (χ0n) is 12.7. The number of carbonyl (C=O) groups is 1. The van der Waals surface area contributed by atoms with E-state index < -0.39 is 0 Å². The number of benzene rings is 2. The topological polar surface area (TPSA) is 17.1 Å². The Hall–Kier alpha value is -1.89. The van der Waals surface area contributed by atoms with Crippen LogP contribution in [0.2, 0.25) is 0 Å². The predicted octanol–water partition coefficient (Wildman–Crippen LogP) is 4.78. The molecule has 0 fully saturated rings. The molecule has 2 atom stereocenters. The first-order valence-electron chi connectivity index (χ1n) is 7.16. The Balaban J connectivity index is 2.17. The summed E-state index contributed by atoms with van der Waals surface area (Å²) in [7, 11) is 0. The molecule has 0 aromatic heterocycles. The molecule has 1 heteroatoms.